The van der Waals surface area contributed by atoms with Crippen molar-refractivity contribution in [1.82, 2.24) is 24.4 Å². The van der Waals surface area contributed by atoms with Gasteiger partial charge in [0.05, 0.1) is 19.5 Å². The fraction of sp³-hybridized carbons (Fsp3) is 0.500. The van der Waals surface area contributed by atoms with E-state index in [0.29, 0.717) is 19.0 Å². The summed E-state index contributed by atoms with van der Waals surface area (Å²) in [5, 5.41) is 9.94. The number of phenols is 1. The number of piperidine rings is 1. The molecule has 2 aliphatic rings. The van der Waals surface area contributed by atoms with Gasteiger partial charge in [0.2, 0.25) is 0 Å². The number of hydrogen-bond acceptors (Lipinski definition) is 7. The lowest BCUT2D eigenvalue weighted by Crippen LogP contribution is -2.37. The average Bonchev–Trinajstić information content (AvgIpc) is 3.21. The third-order valence-corrected chi connectivity index (χ3v) is 5.97. The van der Waals surface area contributed by atoms with E-state index in [-0.39, 0.29) is 5.75 Å². The number of phenolic OH excluding ortho intramolecular Hbond substituents is 1. The Morgan fingerprint density at radius 2 is 1.80 bits per heavy atom. The minimum Gasteiger partial charge on any atom is -0.508 e. The van der Waals surface area contributed by atoms with E-state index in [9.17, 15) is 5.11 Å². The summed E-state index contributed by atoms with van der Waals surface area (Å²) in [6.45, 7) is 7.15. The van der Waals surface area contributed by atoms with Gasteiger partial charge in [-0.3, -0.25) is 0 Å². The third-order valence-electron chi connectivity index (χ3n) is 5.97. The first-order valence-electron chi connectivity index (χ1n) is 10.9. The normalized spacial score (nSPS) is 18.2. The first-order valence-corrected chi connectivity index (χ1v) is 10.9. The van der Waals surface area contributed by atoms with Crippen LogP contribution >= 0.6 is 0 Å². The Labute approximate surface area is 176 Å². The van der Waals surface area contributed by atoms with E-state index < -0.39 is 0 Å². The summed E-state index contributed by atoms with van der Waals surface area (Å²) >= 11 is 0. The van der Waals surface area contributed by atoms with E-state index in [2.05, 4.69) is 14.4 Å². The highest BCUT2D eigenvalue weighted by Crippen LogP contribution is 2.28. The SMILES string of the molecule is Oc1cccc(-c2nc(N3CCOCC3)c3ncn(CCN4CCCCC4)c3n2)c1. The lowest BCUT2D eigenvalue weighted by Gasteiger charge is -2.28. The van der Waals surface area contributed by atoms with Crippen molar-refractivity contribution in [2.24, 2.45) is 0 Å². The zero-order chi connectivity index (χ0) is 20.3. The molecule has 2 aromatic heterocycles. The van der Waals surface area contributed by atoms with E-state index in [0.717, 1.165) is 48.7 Å². The van der Waals surface area contributed by atoms with Gasteiger partial charge >= 0.3 is 0 Å². The van der Waals surface area contributed by atoms with Crippen molar-refractivity contribution < 1.29 is 9.84 Å². The van der Waals surface area contributed by atoms with Gasteiger partial charge in [0.1, 0.15) is 5.75 Å². The number of imidazole rings is 1. The van der Waals surface area contributed by atoms with Crippen LogP contribution in [-0.2, 0) is 11.3 Å². The smallest absolute Gasteiger partial charge is 0.166 e. The van der Waals surface area contributed by atoms with Crippen LogP contribution in [0.3, 0.4) is 0 Å². The quantitative estimate of drug-likeness (QED) is 0.695. The number of nitrogens with zero attached hydrogens (tertiary/aromatic N) is 6. The van der Waals surface area contributed by atoms with E-state index in [4.69, 9.17) is 19.7 Å². The molecule has 3 aromatic rings. The number of benzene rings is 1. The molecule has 158 valence electrons. The molecule has 2 fully saturated rings. The summed E-state index contributed by atoms with van der Waals surface area (Å²) in [6.07, 6.45) is 5.80. The Bertz CT molecular complexity index is 1010. The Kier molecular flexibility index (Phi) is 5.50. The molecule has 0 unspecified atom stereocenters. The molecule has 5 rings (SSSR count). The molecule has 1 aromatic carbocycles. The van der Waals surface area contributed by atoms with Crippen LogP contribution in [0.2, 0.25) is 0 Å². The summed E-state index contributed by atoms with van der Waals surface area (Å²) in [6, 6.07) is 7.12. The number of hydrogen-bond donors (Lipinski definition) is 1. The van der Waals surface area contributed by atoms with Gasteiger partial charge in [0, 0.05) is 31.7 Å². The summed E-state index contributed by atoms with van der Waals surface area (Å²) in [7, 11) is 0. The summed E-state index contributed by atoms with van der Waals surface area (Å²) in [5.41, 5.74) is 2.48. The second-order valence-corrected chi connectivity index (χ2v) is 8.03. The molecular formula is C22H28N6O2. The molecule has 4 heterocycles. The van der Waals surface area contributed by atoms with Crippen LogP contribution in [0.25, 0.3) is 22.6 Å². The summed E-state index contributed by atoms with van der Waals surface area (Å²) in [4.78, 5) is 19.2. The van der Waals surface area contributed by atoms with Crippen LogP contribution < -0.4 is 4.90 Å². The van der Waals surface area contributed by atoms with E-state index >= 15 is 0 Å². The van der Waals surface area contributed by atoms with Gasteiger partial charge in [-0.2, -0.15) is 0 Å². The maximum Gasteiger partial charge on any atom is 0.166 e. The van der Waals surface area contributed by atoms with Crippen LogP contribution in [-0.4, -0.2) is 75.5 Å². The van der Waals surface area contributed by atoms with Gasteiger partial charge in [0.15, 0.2) is 22.8 Å². The first-order chi connectivity index (χ1) is 14.8. The highest BCUT2D eigenvalue weighted by Gasteiger charge is 2.21. The van der Waals surface area contributed by atoms with Gasteiger partial charge in [-0.05, 0) is 38.1 Å². The molecule has 0 saturated carbocycles. The van der Waals surface area contributed by atoms with Crippen molar-refractivity contribution in [1.29, 1.82) is 0 Å². The second kappa shape index (κ2) is 8.57. The number of aromatic nitrogens is 4. The molecule has 0 amide bonds. The van der Waals surface area contributed by atoms with Crippen molar-refractivity contribution in [3.05, 3.63) is 30.6 Å². The predicted molar refractivity (Wildman–Crippen MR) is 116 cm³/mol. The van der Waals surface area contributed by atoms with Crippen molar-refractivity contribution in [2.75, 3.05) is 50.8 Å². The molecule has 2 aliphatic heterocycles. The lowest BCUT2D eigenvalue weighted by atomic mass is 10.1. The number of likely N-dealkylation sites (tertiary alicyclic amines) is 1. The van der Waals surface area contributed by atoms with Gasteiger partial charge in [-0.15, -0.1) is 0 Å². The highest BCUT2D eigenvalue weighted by molar-refractivity contribution is 5.86. The number of fused-ring (bicyclic) bond motifs is 1. The number of rotatable bonds is 5. The van der Waals surface area contributed by atoms with Crippen molar-refractivity contribution >= 4 is 17.0 Å². The molecule has 30 heavy (non-hydrogen) atoms. The molecule has 8 nitrogen and oxygen atoms in total. The van der Waals surface area contributed by atoms with Gasteiger partial charge in [0.25, 0.3) is 0 Å². The Morgan fingerprint density at radius 3 is 2.60 bits per heavy atom. The molecule has 0 radical (unpaired) electrons. The zero-order valence-electron chi connectivity index (χ0n) is 17.2. The second-order valence-electron chi connectivity index (χ2n) is 8.03. The van der Waals surface area contributed by atoms with Crippen LogP contribution in [0.1, 0.15) is 19.3 Å². The van der Waals surface area contributed by atoms with Crippen LogP contribution in [0.15, 0.2) is 30.6 Å². The molecule has 0 spiro atoms. The highest BCUT2D eigenvalue weighted by atomic mass is 16.5. The summed E-state index contributed by atoms with van der Waals surface area (Å²) in [5.74, 6) is 1.67. The Balaban J connectivity index is 1.52. The molecule has 0 aliphatic carbocycles. The minimum atomic E-state index is 0.211. The number of ether oxygens (including phenoxy) is 1. The van der Waals surface area contributed by atoms with Crippen molar-refractivity contribution in [2.45, 2.75) is 25.8 Å². The Hall–Kier alpha value is -2.71. The molecule has 8 heteroatoms. The monoisotopic (exact) mass is 408 g/mol. The maximum atomic E-state index is 9.94. The van der Waals surface area contributed by atoms with Crippen LogP contribution in [0.4, 0.5) is 5.82 Å². The topological polar surface area (TPSA) is 79.5 Å². The minimum absolute atomic E-state index is 0.211. The number of aromatic hydroxyl groups is 1. The maximum absolute atomic E-state index is 9.94. The number of anilines is 1. The van der Waals surface area contributed by atoms with Gasteiger partial charge < -0.3 is 24.2 Å². The molecular weight excluding hydrogens is 380 g/mol. The van der Waals surface area contributed by atoms with E-state index in [1.54, 1.807) is 12.1 Å². The van der Waals surface area contributed by atoms with Crippen LogP contribution in [0.5, 0.6) is 5.75 Å². The van der Waals surface area contributed by atoms with Gasteiger partial charge in [-0.1, -0.05) is 18.6 Å². The predicted octanol–water partition coefficient (Wildman–Crippen LogP) is 2.52. The largest absolute Gasteiger partial charge is 0.508 e. The molecule has 1 N–H and O–H groups in total. The van der Waals surface area contributed by atoms with Gasteiger partial charge in [-0.25, -0.2) is 15.0 Å². The van der Waals surface area contributed by atoms with E-state index in [1.165, 1.54) is 32.4 Å². The molecule has 0 bridgehead atoms. The zero-order valence-corrected chi connectivity index (χ0v) is 17.2. The summed E-state index contributed by atoms with van der Waals surface area (Å²) < 4.78 is 7.67. The average molecular weight is 409 g/mol. The molecule has 0 atom stereocenters. The fourth-order valence-corrected chi connectivity index (χ4v) is 4.29. The fourth-order valence-electron chi connectivity index (χ4n) is 4.29. The van der Waals surface area contributed by atoms with Crippen LogP contribution in [0, 0.1) is 0 Å². The third kappa shape index (κ3) is 3.97. The standard InChI is InChI=1S/C22H28N6O2/c29-18-6-4-5-17(15-18)20-24-21(27-11-13-30-14-12-27)19-22(25-20)28(16-23-19)10-9-26-7-2-1-3-8-26/h4-6,15-16,29H,1-3,7-14H2. The lowest BCUT2D eigenvalue weighted by molar-refractivity contribution is 0.122. The Morgan fingerprint density at radius 1 is 0.967 bits per heavy atom. The van der Waals surface area contributed by atoms with Crippen molar-refractivity contribution in [3.8, 4) is 17.1 Å². The van der Waals surface area contributed by atoms with E-state index in [1.807, 2.05) is 18.5 Å². The first kappa shape index (κ1) is 19.3. The van der Waals surface area contributed by atoms with Crippen molar-refractivity contribution in [3.63, 3.8) is 0 Å². The molecule has 2 saturated heterocycles. The number of morpholine rings is 1.